The van der Waals surface area contributed by atoms with E-state index in [-0.39, 0.29) is 6.04 Å². The van der Waals surface area contributed by atoms with Crippen molar-refractivity contribution in [2.24, 2.45) is 5.73 Å². The molecule has 17 heavy (non-hydrogen) atoms. The van der Waals surface area contributed by atoms with Crippen molar-refractivity contribution in [1.29, 1.82) is 0 Å². The minimum absolute atomic E-state index is 0.331. The van der Waals surface area contributed by atoms with E-state index in [1.807, 2.05) is 38.1 Å². The second-order valence-electron chi connectivity index (χ2n) is 4.17. The van der Waals surface area contributed by atoms with Crippen LogP contribution in [0.4, 0.5) is 5.82 Å². The van der Waals surface area contributed by atoms with Crippen molar-refractivity contribution in [3.63, 3.8) is 0 Å². The lowest BCUT2D eigenvalue weighted by Gasteiger charge is -2.14. The van der Waals surface area contributed by atoms with E-state index in [0.29, 0.717) is 5.82 Å². The summed E-state index contributed by atoms with van der Waals surface area (Å²) in [4.78, 5) is 8.53. The maximum atomic E-state index is 6.17. The molecule has 0 saturated heterocycles. The normalized spacial score (nSPS) is 12.4. The van der Waals surface area contributed by atoms with Crippen LogP contribution in [0.15, 0.2) is 30.5 Å². The van der Waals surface area contributed by atoms with Gasteiger partial charge in [0.05, 0.1) is 11.7 Å². The van der Waals surface area contributed by atoms with Crippen molar-refractivity contribution >= 4 is 5.82 Å². The summed E-state index contributed by atoms with van der Waals surface area (Å²) in [6.07, 6.45) is 1.73. The molecule has 1 unspecified atom stereocenters. The molecule has 0 amide bonds. The van der Waals surface area contributed by atoms with E-state index in [2.05, 4.69) is 9.97 Å². The van der Waals surface area contributed by atoms with Crippen molar-refractivity contribution in [2.75, 3.05) is 5.73 Å². The molecule has 0 aliphatic carbocycles. The number of pyridine rings is 2. The SMILES string of the molecule is Cc1cnc(N)c(C(N)c2cccc(C)n2)c1. The third kappa shape index (κ3) is 2.42. The van der Waals surface area contributed by atoms with Gasteiger partial charge in [0.2, 0.25) is 0 Å². The lowest BCUT2D eigenvalue weighted by Crippen LogP contribution is -2.16. The van der Waals surface area contributed by atoms with Crippen LogP contribution in [-0.4, -0.2) is 9.97 Å². The molecule has 2 aromatic heterocycles. The number of hydrogen-bond donors (Lipinski definition) is 2. The molecule has 2 aromatic rings. The first kappa shape index (κ1) is 11.5. The number of hydrogen-bond acceptors (Lipinski definition) is 4. The first-order valence-corrected chi connectivity index (χ1v) is 5.49. The number of nitrogens with zero attached hydrogens (tertiary/aromatic N) is 2. The Hall–Kier alpha value is -1.94. The Kier molecular flexibility index (Phi) is 3.06. The summed E-state index contributed by atoms with van der Waals surface area (Å²) in [6, 6.07) is 7.41. The summed E-state index contributed by atoms with van der Waals surface area (Å²) in [5, 5.41) is 0. The van der Waals surface area contributed by atoms with Crippen LogP contribution < -0.4 is 11.5 Å². The van der Waals surface area contributed by atoms with Crippen LogP contribution in [0.5, 0.6) is 0 Å². The molecule has 0 aliphatic heterocycles. The average molecular weight is 228 g/mol. The van der Waals surface area contributed by atoms with E-state index in [9.17, 15) is 0 Å². The number of rotatable bonds is 2. The Bertz CT molecular complexity index is 537. The Balaban J connectivity index is 2.43. The fourth-order valence-corrected chi connectivity index (χ4v) is 1.75. The molecule has 0 spiro atoms. The lowest BCUT2D eigenvalue weighted by atomic mass is 10.0. The quantitative estimate of drug-likeness (QED) is 0.820. The van der Waals surface area contributed by atoms with Gasteiger partial charge in [0.25, 0.3) is 0 Å². The third-order valence-electron chi connectivity index (χ3n) is 2.65. The standard InChI is InChI=1S/C13H16N4/c1-8-6-10(13(15)16-7-8)12(14)11-5-3-4-9(2)17-11/h3-7,12H,14H2,1-2H3,(H2,15,16). The molecule has 0 bridgehead atoms. The van der Waals surface area contributed by atoms with E-state index in [1.54, 1.807) is 6.20 Å². The van der Waals surface area contributed by atoms with Crippen molar-refractivity contribution in [3.8, 4) is 0 Å². The van der Waals surface area contributed by atoms with Gasteiger partial charge in [-0.1, -0.05) is 6.07 Å². The summed E-state index contributed by atoms with van der Waals surface area (Å²) in [7, 11) is 0. The van der Waals surface area contributed by atoms with Crippen LogP contribution in [0.1, 0.15) is 28.6 Å². The predicted octanol–water partition coefficient (Wildman–Crippen LogP) is 1.72. The van der Waals surface area contributed by atoms with Crippen LogP contribution in [0.2, 0.25) is 0 Å². The Labute approximate surface area is 101 Å². The van der Waals surface area contributed by atoms with E-state index >= 15 is 0 Å². The number of anilines is 1. The number of aryl methyl sites for hydroxylation is 2. The molecule has 0 aliphatic rings. The van der Waals surface area contributed by atoms with Gasteiger partial charge in [0.1, 0.15) is 5.82 Å². The predicted molar refractivity (Wildman–Crippen MR) is 68.4 cm³/mol. The highest BCUT2D eigenvalue weighted by Gasteiger charge is 2.14. The first-order chi connectivity index (χ1) is 8.08. The highest BCUT2D eigenvalue weighted by atomic mass is 14.9. The fourth-order valence-electron chi connectivity index (χ4n) is 1.75. The Morgan fingerprint density at radius 2 is 2.00 bits per heavy atom. The van der Waals surface area contributed by atoms with Crippen LogP contribution in [0.25, 0.3) is 0 Å². The molecule has 2 heterocycles. The van der Waals surface area contributed by atoms with Gasteiger partial charge in [-0.15, -0.1) is 0 Å². The minimum Gasteiger partial charge on any atom is -0.383 e. The van der Waals surface area contributed by atoms with Crippen molar-refractivity contribution in [3.05, 3.63) is 53.0 Å². The molecule has 2 rings (SSSR count). The molecule has 4 nitrogen and oxygen atoms in total. The zero-order chi connectivity index (χ0) is 12.4. The van der Waals surface area contributed by atoms with Gasteiger partial charge >= 0.3 is 0 Å². The lowest BCUT2D eigenvalue weighted by molar-refractivity contribution is 0.818. The first-order valence-electron chi connectivity index (χ1n) is 5.49. The monoisotopic (exact) mass is 228 g/mol. The maximum absolute atomic E-state index is 6.17. The van der Waals surface area contributed by atoms with Gasteiger partial charge in [0.15, 0.2) is 0 Å². The highest BCUT2D eigenvalue weighted by molar-refractivity contribution is 5.45. The number of aromatic nitrogens is 2. The fraction of sp³-hybridized carbons (Fsp3) is 0.231. The third-order valence-corrected chi connectivity index (χ3v) is 2.65. The Morgan fingerprint density at radius 3 is 2.71 bits per heavy atom. The zero-order valence-electron chi connectivity index (χ0n) is 10.0. The number of nitrogens with two attached hydrogens (primary N) is 2. The smallest absolute Gasteiger partial charge is 0.128 e. The zero-order valence-corrected chi connectivity index (χ0v) is 10.0. The molecule has 1 atom stereocenters. The summed E-state index contributed by atoms with van der Waals surface area (Å²) >= 11 is 0. The van der Waals surface area contributed by atoms with Gasteiger partial charge in [-0.05, 0) is 37.6 Å². The molecule has 88 valence electrons. The molecule has 0 fully saturated rings. The highest BCUT2D eigenvalue weighted by Crippen LogP contribution is 2.22. The van der Waals surface area contributed by atoms with Gasteiger partial charge in [0, 0.05) is 17.5 Å². The summed E-state index contributed by atoms with van der Waals surface area (Å²) < 4.78 is 0. The van der Waals surface area contributed by atoms with Gasteiger partial charge in [-0.25, -0.2) is 4.98 Å². The van der Waals surface area contributed by atoms with E-state index in [1.165, 1.54) is 0 Å². The van der Waals surface area contributed by atoms with Crippen molar-refractivity contribution in [2.45, 2.75) is 19.9 Å². The van der Waals surface area contributed by atoms with Crippen molar-refractivity contribution < 1.29 is 0 Å². The summed E-state index contributed by atoms with van der Waals surface area (Å²) in [6.45, 7) is 3.90. The Morgan fingerprint density at radius 1 is 1.24 bits per heavy atom. The van der Waals surface area contributed by atoms with E-state index in [0.717, 1.165) is 22.5 Å². The van der Waals surface area contributed by atoms with Crippen LogP contribution >= 0.6 is 0 Å². The van der Waals surface area contributed by atoms with Crippen molar-refractivity contribution in [1.82, 2.24) is 9.97 Å². The minimum atomic E-state index is -0.331. The molecule has 0 saturated carbocycles. The van der Waals surface area contributed by atoms with Gasteiger partial charge in [-0.2, -0.15) is 0 Å². The van der Waals surface area contributed by atoms with Gasteiger partial charge in [-0.3, -0.25) is 4.98 Å². The average Bonchev–Trinajstić information content (AvgIpc) is 2.31. The van der Waals surface area contributed by atoms with Crippen LogP contribution in [0, 0.1) is 13.8 Å². The molecular weight excluding hydrogens is 212 g/mol. The summed E-state index contributed by atoms with van der Waals surface area (Å²) in [5.41, 5.74) is 15.6. The van der Waals surface area contributed by atoms with Gasteiger partial charge < -0.3 is 11.5 Å². The largest absolute Gasteiger partial charge is 0.383 e. The molecule has 0 aromatic carbocycles. The topological polar surface area (TPSA) is 77.8 Å². The van der Waals surface area contributed by atoms with Crippen LogP contribution in [-0.2, 0) is 0 Å². The molecule has 4 heteroatoms. The second-order valence-corrected chi connectivity index (χ2v) is 4.17. The number of nitrogen functional groups attached to an aromatic ring is 1. The van der Waals surface area contributed by atoms with Crippen LogP contribution in [0.3, 0.4) is 0 Å². The summed E-state index contributed by atoms with van der Waals surface area (Å²) in [5.74, 6) is 0.464. The molecule has 0 radical (unpaired) electrons. The molecular formula is C13H16N4. The second kappa shape index (κ2) is 4.51. The van der Waals surface area contributed by atoms with E-state index < -0.39 is 0 Å². The molecule has 4 N–H and O–H groups in total. The maximum Gasteiger partial charge on any atom is 0.128 e. The van der Waals surface area contributed by atoms with E-state index in [4.69, 9.17) is 11.5 Å².